The summed E-state index contributed by atoms with van der Waals surface area (Å²) in [6.07, 6.45) is 1.38. The first-order valence-electron chi connectivity index (χ1n) is 8.03. The molecule has 5 nitrogen and oxygen atoms in total. The summed E-state index contributed by atoms with van der Waals surface area (Å²) >= 11 is 25.1. The van der Waals surface area contributed by atoms with Gasteiger partial charge in [-0.15, -0.1) is 0 Å². The molecule has 10 heteroatoms. The smallest absolute Gasteiger partial charge is 0.277 e. The van der Waals surface area contributed by atoms with Crippen LogP contribution in [0.15, 0.2) is 68.0 Å². The summed E-state index contributed by atoms with van der Waals surface area (Å²) in [5, 5.41) is 5.93. The van der Waals surface area contributed by atoms with Gasteiger partial charge in [-0.05, 0) is 42.5 Å². The van der Waals surface area contributed by atoms with Gasteiger partial charge in [0.2, 0.25) is 0 Å². The van der Waals surface area contributed by atoms with Gasteiger partial charge < -0.3 is 9.15 Å². The predicted molar refractivity (Wildman–Crippen MR) is 117 cm³/mol. The van der Waals surface area contributed by atoms with Crippen molar-refractivity contribution in [1.29, 1.82) is 0 Å². The molecular weight excluding hydrogens is 478 g/mol. The van der Waals surface area contributed by atoms with Crippen molar-refractivity contribution in [1.82, 2.24) is 5.43 Å². The predicted octanol–water partition coefficient (Wildman–Crippen LogP) is 6.57. The summed E-state index contributed by atoms with van der Waals surface area (Å²) in [4.78, 5) is 12.8. The van der Waals surface area contributed by atoms with Gasteiger partial charge in [-0.2, -0.15) is 5.10 Å². The second-order valence-electron chi connectivity index (χ2n) is 5.49. The molecule has 3 rings (SSSR count). The highest BCUT2D eigenvalue weighted by Gasteiger charge is 2.10. The molecule has 0 aliphatic rings. The molecule has 1 N–H and O–H groups in total. The first-order chi connectivity index (χ1) is 13.9. The lowest BCUT2D eigenvalue weighted by molar-refractivity contribution is -0.123. The molecule has 0 saturated heterocycles. The lowest BCUT2D eigenvalue weighted by Gasteiger charge is -2.08. The Balaban J connectivity index is 1.49. The van der Waals surface area contributed by atoms with E-state index in [-0.39, 0.29) is 22.4 Å². The van der Waals surface area contributed by atoms with Crippen LogP contribution in [-0.2, 0) is 4.79 Å². The Kier molecular flexibility index (Phi) is 7.75. The highest BCUT2D eigenvalue weighted by molar-refractivity contribution is 7.99. The summed E-state index contributed by atoms with van der Waals surface area (Å²) in [7, 11) is 0. The van der Waals surface area contributed by atoms with Crippen LogP contribution >= 0.6 is 58.2 Å². The molecule has 0 saturated carbocycles. The van der Waals surface area contributed by atoms with Gasteiger partial charge in [-0.25, -0.2) is 5.43 Å². The van der Waals surface area contributed by atoms with Crippen molar-refractivity contribution in [3.05, 3.63) is 74.4 Å². The maximum Gasteiger partial charge on any atom is 0.277 e. The SMILES string of the molecule is O=C(COc1cc(Cl)cc(Cl)c1Cl)N/N=C/c1ccc(Sc2ccc(Cl)cc2)o1. The maximum atomic E-state index is 11.9. The van der Waals surface area contributed by atoms with Crippen LogP contribution in [0.25, 0.3) is 0 Å². The summed E-state index contributed by atoms with van der Waals surface area (Å²) in [5.74, 6) is 0.196. The van der Waals surface area contributed by atoms with E-state index in [4.69, 9.17) is 55.6 Å². The van der Waals surface area contributed by atoms with Crippen LogP contribution in [0, 0.1) is 0 Å². The highest BCUT2D eigenvalue weighted by atomic mass is 35.5. The number of hydrogen-bond acceptors (Lipinski definition) is 5. The zero-order chi connectivity index (χ0) is 20.8. The third-order valence-electron chi connectivity index (χ3n) is 3.33. The van der Waals surface area contributed by atoms with Gasteiger partial charge >= 0.3 is 0 Å². The van der Waals surface area contributed by atoms with E-state index in [9.17, 15) is 4.79 Å². The number of hydrogen-bond donors (Lipinski definition) is 1. The Morgan fingerprint density at radius 3 is 2.59 bits per heavy atom. The fourth-order valence-electron chi connectivity index (χ4n) is 2.06. The summed E-state index contributed by atoms with van der Waals surface area (Å²) < 4.78 is 10.9. The molecule has 0 radical (unpaired) electrons. The Morgan fingerprint density at radius 1 is 1.07 bits per heavy atom. The molecule has 0 aliphatic carbocycles. The summed E-state index contributed by atoms with van der Waals surface area (Å²) in [6, 6.07) is 13.9. The third-order valence-corrected chi connectivity index (χ3v) is 5.52. The molecule has 1 aromatic heterocycles. The number of carbonyl (C=O) groups excluding carboxylic acids is 1. The Hall–Kier alpha value is -1.83. The van der Waals surface area contributed by atoms with Crippen LogP contribution < -0.4 is 10.2 Å². The number of carbonyl (C=O) groups is 1. The minimum absolute atomic E-state index is 0.175. The molecule has 29 heavy (non-hydrogen) atoms. The summed E-state index contributed by atoms with van der Waals surface area (Å²) in [5.41, 5.74) is 2.33. The Morgan fingerprint density at radius 2 is 1.83 bits per heavy atom. The normalized spacial score (nSPS) is 11.0. The Labute approximate surface area is 190 Å². The number of hydrazone groups is 1. The maximum absolute atomic E-state index is 11.9. The monoisotopic (exact) mass is 488 g/mol. The van der Waals surface area contributed by atoms with E-state index in [1.54, 1.807) is 24.3 Å². The lowest BCUT2D eigenvalue weighted by Crippen LogP contribution is -2.24. The van der Waals surface area contributed by atoms with Crippen molar-refractivity contribution in [3.8, 4) is 5.75 Å². The quantitative estimate of drug-likeness (QED) is 0.231. The van der Waals surface area contributed by atoms with Gasteiger partial charge in [0.25, 0.3) is 5.91 Å². The van der Waals surface area contributed by atoms with Crippen LogP contribution in [0.5, 0.6) is 5.75 Å². The van der Waals surface area contributed by atoms with Gasteiger partial charge in [0.05, 0.1) is 11.2 Å². The zero-order valence-electron chi connectivity index (χ0n) is 14.5. The molecule has 0 spiro atoms. The number of benzene rings is 2. The van der Waals surface area contributed by atoms with Gasteiger partial charge in [0.15, 0.2) is 11.7 Å². The van der Waals surface area contributed by atoms with E-state index < -0.39 is 5.91 Å². The first-order valence-corrected chi connectivity index (χ1v) is 10.4. The number of nitrogens with zero attached hydrogens (tertiary/aromatic N) is 1. The van der Waals surface area contributed by atoms with Crippen molar-refractivity contribution in [2.24, 2.45) is 5.10 Å². The second-order valence-corrected chi connectivity index (χ2v) is 8.23. The van der Waals surface area contributed by atoms with Crippen molar-refractivity contribution in [2.75, 3.05) is 6.61 Å². The van der Waals surface area contributed by atoms with E-state index in [2.05, 4.69) is 10.5 Å². The molecule has 0 unspecified atom stereocenters. The molecule has 0 bridgehead atoms. The minimum atomic E-state index is -0.490. The van der Waals surface area contributed by atoms with Crippen molar-refractivity contribution < 1.29 is 13.9 Å². The van der Waals surface area contributed by atoms with E-state index in [1.807, 2.05) is 12.1 Å². The number of halogens is 4. The van der Waals surface area contributed by atoms with Crippen LogP contribution in [0.4, 0.5) is 0 Å². The number of nitrogens with one attached hydrogen (secondary N) is 1. The van der Waals surface area contributed by atoms with E-state index in [0.29, 0.717) is 20.9 Å². The molecule has 1 heterocycles. The first kappa shape index (κ1) is 21.9. The van der Waals surface area contributed by atoms with Gasteiger partial charge in [0.1, 0.15) is 16.5 Å². The van der Waals surface area contributed by atoms with E-state index in [0.717, 1.165) is 4.90 Å². The molecule has 150 valence electrons. The largest absolute Gasteiger partial charge is 0.482 e. The lowest BCUT2D eigenvalue weighted by atomic mass is 10.3. The van der Waals surface area contributed by atoms with Crippen LogP contribution in [0.1, 0.15) is 5.76 Å². The van der Waals surface area contributed by atoms with Gasteiger partial charge in [-0.1, -0.05) is 58.2 Å². The standard InChI is InChI=1S/C19H12Cl4N2O3S/c20-11-1-4-14(5-2-11)29-18-6-3-13(28-18)9-24-25-17(26)10-27-16-8-12(21)7-15(22)19(16)23/h1-9H,10H2,(H,25,26)/b24-9+. The number of furan rings is 1. The van der Waals surface area contributed by atoms with Gasteiger partial charge in [0, 0.05) is 21.0 Å². The van der Waals surface area contributed by atoms with Crippen molar-refractivity contribution in [3.63, 3.8) is 0 Å². The second kappa shape index (κ2) is 10.3. The fourth-order valence-corrected chi connectivity index (χ4v) is 3.60. The van der Waals surface area contributed by atoms with Crippen LogP contribution in [0.2, 0.25) is 20.1 Å². The average molecular weight is 490 g/mol. The van der Waals surface area contributed by atoms with Crippen molar-refractivity contribution >= 4 is 70.3 Å². The molecule has 0 aliphatic heterocycles. The zero-order valence-corrected chi connectivity index (χ0v) is 18.3. The molecule has 0 fully saturated rings. The Bertz CT molecular complexity index is 1040. The highest BCUT2D eigenvalue weighted by Crippen LogP contribution is 2.35. The topological polar surface area (TPSA) is 63.8 Å². The van der Waals surface area contributed by atoms with Crippen molar-refractivity contribution in [2.45, 2.75) is 9.99 Å². The van der Waals surface area contributed by atoms with Crippen LogP contribution in [0.3, 0.4) is 0 Å². The molecule has 2 aromatic carbocycles. The average Bonchev–Trinajstić information content (AvgIpc) is 3.12. The molecule has 0 atom stereocenters. The van der Waals surface area contributed by atoms with Crippen LogP contribution in [-0.4, -0.2) is 18.7 Å². The minimum Gasteiger partial charge on any atom is -0.482 e. The summed E-state index contributed by atoms with van der Waals surface area (Å²) in [6.45, 7) is -0.316. The van der Waals surface area contributed by atoms with E-state index in [1.165, 1.54) is 30.1 Å². The molecule has 3 aromatic rings. The number of ether oxygens (including phenoxy) is 1. The van der Waals surface area contributed by atoms with E-state index >= 15 is 0 Å². The van der Waals surface area contributed by atoms with Gasteiger partial charge in [-0.3, -0.25) is 4.79 Å². The number of rotatable bonds is 7. The third kappa shape index (κ3) is 6.59. The molecule has 1 amide bonds. The fraction of sp³-hybridized carbons (Fsp3) is 0.0526. The molecular formula is C19H12Cl4N2O3S. The number of amides is 1.